The summed E-state index contributed by atoms with van der Waals surface area (Å²) in [5.41, 5.74) is 2.78. The quantitative estimate of drug-likeness (QED) is 0.487. The number of carboxylic acid groups (broad SMARTS) is 1. The Hall–Kier alpha value is -4.09. The number of carboxylic acids is 1. The van der Waals surface area contributed by atoms with Crippen LogP contribution in [0.15, 0.2) is 55.0 Å². The average molecular weight is 505 g/mol. The van der Waals surface area contributed by atoms with E-state index in [2.05, 4.69) is 15.6 Å². The Bertz CT molecular complexity index is 1210. The Balaban J connectivity index is 0.000000454. The normalized spacial score (nSPS) is 14.1. The van der Waals surface area contributed by atoms with E-state index >= 15 is 0 Å². The van der Waals surface area contributed by atoms with E-state index < -0.39 is 12.1 Å². The zero-order valence-corrected chi connectivity index (χ0v) is 19.5. The smallest absolute Gasteiger partial charge is 0.475 e. The average Bonchev–Trinajstić information content (AvgIpc) is 3.23. The summed E-state index contributed by atoms with van der Waals surface area (Å²) in [6.45, 7) is 3.29. The van der Waals surface area contributed by atoms with Crippen LogP contribution >= 0.6 is 0 Å². The van der Waals surface area contributed by atoms with Gasteiger partial charge in [-0.25, -0.2) is 4.79 Å². The first-order chi connectivity index (χ1) is 17.0. The fourth-order valence-corrected chi connectivity index (χ4v) is 3.86. The molecule has 1 aromatic carbocycles. The van der Waals surface area contributed by atoms with Crippen molar-refractivity contribution < 1.29 is 32.7 Å². The van der Waals surface area contributed by atoms with Crippen LogP contribution in [0.2, 0.25) is 0 Å². The van der Waals surface area contributed by atoms with E-state index in [-0.39, 0.29) is 11.8 Å². The Kier molecular flexibility index (Phi) is 8.51. The molecule has 2 amide bonds. The monoisotopic (exact) mass is 505 g/mol. The number of anilines is 2. The molecule has 3 heterocycles. The topological polar surface area (TPSA) is 117 Å². The maximum atomic E-state index is 12.8. The number of halogens is 3. The lowest BCUT2D eigenvalue weighted by atomic mass is 10.0. The molecule has 0 saturated carbocycles. The van der Waals surface area contributed by atoms with E-state index in [9.17, 15) is 22.8 Å². The summed E-state index contributed by atoms with van der Waals surface area (Å²) in [5.74, 6) is -2.74. The number of piperidine rings is 1. The number of nitrogens with zero attached hydrogens (tertiary/aromatic N) is 3. The van der Waals surface area contributed by atoms with Gasteiger partial charge in [-0.15, -0.1) is 0 Å². The maximum Gasteiger partial charge on any atom is 0.490 e. The highest BCUT2D eigenvalue weighted by Crippen LogP contribution is 2.25. The van der Waals surface area contributed by atoms with Crippen molar-refractivity contribution in [3.8, 4) is 0 Å². The van der Waals surface area contributed by atoms with Gasteiger partial charge in [-0.2, -0.15) is 13.2 Å². The highest BCUT2D eigenvalue weighted by Gasteiger charge is 2.38. The van der Waals surface area contributed by atoms with Crippen LogP contribution in [0.4, 0.5) is 24.5 Å². The van der Waals surface area contributed by atoms with Gasteiger partial charge in [0.1, 0.15) is 6.54 Å². The van der Waals surface area contributed by atoms with Crippen LogP contribution in [0.3, 0.4) is 0 Å². The molecule has 12 heteroatoms. The lowest BCUT2D eigenvalue weighted by Crippen LogP contribution is -2.43. The van der Waals surface area contributed by atoms with Gasteiger partial charge in [0.05, 0.1) is 11.2 Å². The van der Waals surface area contributed by atoms with Crippen molar-refractivity contribution in [1.29, 1.82) is 0 Å². The highest BCUT2D eigenvalue weighted by atomic mass is 19.4. The van der Waals surface area contributed by atoms with Crippen molar-refractivity contribution in [3.63, 3.8) is 0 Å². The van der Waals surface area contributed by atoms with Crippen LogP contribution in [0.1, 0.15) is 19.8 Å². The van der Waals surface area contributed by atoms with Crippen molar-refractivity contribution in [1.82, 2.24) is 14.5 Å². The molecule has 0 aliphatic carbocycles. The summed E-state index contributed by atoms with van der Waals surface area (Å²) in [6.07, 6.45) is 2.23. The number of pyridine rings is 1. The molecule has 1 aliphatic heterocycles. The number of hydrogen-bond donors (Lipinski definition) is 3. The lowest BCUT2D eigenvalue weighted by molar-refractivity contribution is -0.192. The maximum absolute atomic E-state index is 12.8. The van der Waals surface area contributed by atoms with Crippen molar-refractivity contribution in [2.45, 2.75) is 38.5 Å². The Labute approximate surface area is 204 Å². The van der Waals surface area contributed by atoms with Crippen molar-refractivity contribution >= 4 is 40.1 Å². The van der Waals surface area contributed by atoms with Crippen LogP contribution < -0.4 is 10.6 Å². The Morgan fingerprint density at radius 1 is 1.08 bits per heavy atom. The molecule has 2 aromatic heterocycles. The summed E-state index contributed by atoms with van der Waals surface area (Å²) >= 11 is 0. The van der Waals surface area contributed by atoms with Crippen molar-refractivity contribution in [2.75, 3.05) is 23.7 Å². The lowest BCUT2D eigenvalue weighted by Gasteiger charge is -2.33. The second-order valence-electron chi connectivity index (χ2n) is 8.20. The molecule has 0 unspecified atom stereocenters. The molecule has 36 heavy (non-hydrogen) atoms. The predicted octanol–water partition coefficient (Wildman–Crippen LogP) is 3.73. The van der Waals surface area contributed by atoms with Crippen LogP contribution in [0.25, 0.3) is 10.9 Å². The first kappa shape index (κ1) is 26.5. The SMILES string of the molecule is CC(=O)Nc1cccc2c1ccn2CC(=O)N1CCC(Nc2ccncc2)CC1.O=C(O)C(F)(F)F. The molecule has 9 nitrogen and oxygen atoms in total. The number of alkyl halides is 3. The standard InChI is InChI=1S/C22H25N5O2.C2HF3O2/c1-16(28)24-20-3-2-4-21-19(20)9-14-27(21)15-22(29)26-12-7-18(8-13-26)25-17-5-10-23-11-6-17;3-2(4,5)1(6)7/h2-6,9-11,14,18H,7-8,12-13,15H2,1H3,(H,23,25)(H,24,28);(H,6,7). The fraction of sp³-hybridized carbons (Fsp3) is 0.333. The highest BCUT2D eigenvalue weighted by molar-refractivity contribution is 6.01. The van der Waals surface area contributed by atoms with E-state index in [1.165, 1.54) is 6.92 Å². The minimum absolute atomic E-state index is 0.107. The molecule has 3 N–H and O–H groups in total. The minimum Gasteiger partial charge on any atom is -0.475 e. The van der Waals surface area contributed by atoms with E-state index in [1.54, 1.807) is 12.4 Å². The molecule has 192 valence electrons. The van der Waals surface area contributed by atoms with Gasteiger partial charge in [0.25, 0.3) is 0 Å². The van der Waals surface area contributed by atoms with Gasteiger partial charge in [-0.05, 0) is 43.2 Å². The number of fused-ring (bicyclic) bond motifs is 1. The number of aromatic nitrogens is 2. The van der Waals surface area contributed by atoms with Gasteiger partial charge in [0.2, 0.25) is 11.8 Å². The third-order valence-corrected chi connectivity index (χ3v) is 5.57. The Morgan fingerprint density at radius 3 is 2.31 bits per heavy atom. The number of rotatable bonds is 5. The van der Waals surface area contributed by atoms with Crippen molar-refractivity contribution in [2.24, 2.45) is 0 Å². The van der Waals surface area contributed by atoms with Gasteiger partial charge < -0.3 is 25.2 Å². The number of amides is 2. The van der Waals surface area contributed by atoms with Gasteiger partial charge in [-0.1, -0.05) is 6.07 Å². The minimum atomic E-state index is -5.08. The Morgan fingerprint density at radius 2 is 1.72 bits per heavy atom. The summed E-state index contributed by atoms with van der Waals surface area (Å²) in [7, 11) is 0. The van der Waals surface area contributed by atoms with Gasteiger partial charge >= 0.3 is 12.1 Å². The van der Waals surface area contributed by atoms with Crippen LogP contribution in [-0.2, 0) is 20.9 Å². The van der Waals surface area contributed by atoms with E-state index in [4.69, 9.17) is 9.90 Å². The third kappa shape index (κ3) is 7.20. The second kappa shape index (κ2) is 11.6. The first-order valence-electron chi connectivity index (χ1n) is 11.1. The molecular formula is C24H26F3N5O4. The van der Waals surface area contributed by atoms with Crippen LogP contribution in [0, 0.1) is 0 Å². The zero-order chi connectivity index (χ0) is 26.3. The van der Waals surface area contributed by atoms with Gasteiger partial charge in [-0.3, -0.25) is 14.6 Å². The molecule has 0 bridgehead atoms. The second-order valence-corrected chi connectivity index (χ2v) is 8.20. The van der Waals surface area contributed by atoms with Crippen LogP contribution in [0.5, 0.6) is 0 Å². The van der Waals surface area contributed by atoms with Crippen molar-refractivity contribution in [3.05, 3.63) is 55.0 Å². The molecule has 0 radical (unpaired) electrons. The number of likely N-dealkylation sites (tertiary alicyclic amines) is 1. The third-order valence-electron chi connectivity index (χ3n) is 5.57. The fourth-order valence-electron chi connectivity index (χ4n) is 3.86. The molecule has 1 fully saturated rings. The molecular weight excluding hydrogens is 479 g/mol. The molecule has 1 aliphatic rings. The number of carbonyl (C=O) groups excluding carboxylic acids is 2. The number of benzene rings is 1. The summed E-state index contributed by atoms with van der Waals surface area (Å²) < 4.78 is 33.7. The van der Waals surface area contributed by atoms with E-state index in [1.807, 2.05) is 52.1 Å². The summed E-state index contributed by atoms with van der Waals surface area (Å²) in [6, 6.07) is 12.0. The molecule has 1 saturated heterocycles. The van der Waals surface area contributed by atoms with Gasteiger partial charge in [0, 0.05) is 55.7 Å². The predicted molar refractivity (Wildman–Crippen MR) is 127 cm³/mol. The first-order valence-corrected chi connectivity index (χ1v) is 11.1. The molecule has 0 spiro atoms. The summed E-state index contributed by atoms with van der Waals surface area (Å²) in [5, 5.41) is 14.4. The molecule has 3 aromatic rings. The van der Waals surface area contributed by atoms with E-state index in [0.717, 1.165) is 48.2 Å². The van der Waals surface area contributed by atoms with E-state index in [0.29, 0.717) is 12.6 Å². The number of nitrogens with one attached hydrogen (secondary N) is 2. The largest absolute Gasteiger partial charge is 0.490 e. The molecule has 0 atom stereocenters. The zero-order valence-electron chi connectivity index (χ0n) is 19.5. The van der Waals surface area contributed by atoms with Crippen LogP contribution in [-0.4, -0.2) is 62.6 Å². The number of carbonyl (C=O) groups is 3. The molecule has 4 rings (SSSR count). The summed E-state index contributed by atoms with van der Waals surface area (Å²) in [4.78, 5) is 39.1. The number of hydrogen-bond acceptors (Lipinski definition) is 5. The number of aliphatic carboxylic acids is 1. The van der Waals surface area contributed by atoms with Gasteiger partial charge in [0.15, 0.2) is 0 Å².